The van der Waals surface area contributed by atoms with Gasteiger partial charge in [0, 0.05) is 27.7 Å². The Kier molecular flexibility index (Phi) is 3.98. The molecule has 0 saturated heterocycles. The van der Waals surface area contributed by atoms with Gasteiger partial charge in [0.05, 0.1) is 33.0 Å². The molecule has 0 radical (unpaired) electrons. The lowest BCUT2D eigenvalue weighted by molar-refractivity contribution is -0.211. The van der Waals surface area contributed by atoms with Crippen molar-refractivity contribution < 1.29 is 13.2 Å². The Balaban J connectivity index is 1.55. The van der Waals surface area contributed by atoms with Crippen molar-refractivity contribution in [2.45, 2.75) is 26.4 Å². The minimum absolute atomic E-state index is 0.0872. The Labute approximate surface area is 215 Å². The molecule has 0 aliphatic carbocycles. The van der Waals surface area contributed by atoms with Crippen molar-refractivity contribution in [3.8, 4) is 0 Å². The first-order chi connectivity index (χ1) is 18.2. The number of hydrogen-bond acceptors (Lipinski definition) is 1. The second-order valence-corrected chi connectivity index (χ2v) is 11.0. The summed E-state index contributed by atoms with van der Waals surface area (Å²) in [5, 5.41) is 6.67. The molecule has 0 spiro atoms. The summed E-state index contributed by atoms with van der Waals surface area (Å²) >= 11 is 0. The van der Waals surface area contributed by atoms with E-state index < -0.39 is 11.6 Å². The number of halogens is 3. The first kappa shape index (κ1) is 21.7. The number of alkyl halides is 3. The minimum Gasteiger partial charge on any atom is -0.304 e. The van der Waals surface area contributed by atoms with Gasteiger partial charge < -0.3 is 4.40 Å². The third-order valence-corrected chi connectivity index (χ3v) is 8.22. The molecular formula is C32H22F3N3. The number of rotatable bonds is 2. The minimum atomic E-state index is -4.28. The molecule has 0 bridgehead atoms. The number of fused-ring (bicyclic) bond motifs is 9. The molecule has 8 rings (SSSR count). The molecule has 0 unspecified atom stereocenters. The van der Waals surface area contributed by atoms with Crippen LogP contribution >= 0.6 is 0 Å². The SMILES string of the molecule is CC(C)(Cc1ccc2c3ccnc4c3n(c2c1)c1cccc2c3cc5ccccc5cc3n4c21)C(F)(F)F. The van der Waals surface area contributed by atoms with Gasteiger partial charge in [0.15, 0.2) is 5.65 Å². The van der Waals surface area contributed by atoms with Crippen LogP contribution < -0.4 is 0 Å². The van der Waals surface area contributed by atoms with E-state index in [2.05, 4.69) is 57.3 Å². The number of hydrogen-bond donors (Lipinski definition) is 0. The topological polar surface area (TPSA) is 21.7 Å². The summed E-state index contributed by atoms with van der Waals surface area (Å²) in [6, 6.07) is 26.8. The Hall–Kier alpha value is -4.32. The summed E-state index contributed by atoms with van der Waals surface area (Å²) in [7, 11) is 0. The second-order valence-electron chi connectivity index (χ2n) is 11.0. The van der Waals surface area contributed by atoms with Crippen molar-refractivity contribution in [3.05, 3.63) is 90.6 Å². The largest absolute Gasteiger partial charge is 0.394 e. The van der Waals surface area contributed by atoms with E-state index in [1.54, 1.807) is 0 Å². The van der Waals surface area contributed by atoms with E-state index in [1.807, 2.05) is 36.5 Å². The molecule has 3 nitrogen and oxygen atoms in total. The molecule has 6 heteroatoms. The Morgan fingerprint density at radius 3 is 2.18 bits per heavy atom. The molecule has 0 N–H and O–H groups in total. The fourth-order valence-electron chi connectivity index (χ4n) is 6.26. The highest BCUT2D eigenvalue weighted by atomic mass is 19.4. The maximum Gasteiger partial charge on any atom is 0.394 e. The van der Waals surface area contributed by atoms with Gasteiger partial charge in [0.25, 0.3) is 0 Å². The first-order valence-electron chi connectivity index (χ1n) is 12.7. The van der Waals surface area contributed by atoms with Gasteiger partial charge in [-0.25, -0.2) is 4.98 Å². The van der Waals surface area contributed by atoms with Crippen LogP contribution in [-0.4, -0.2) is 20.0 Å². The maximum absolute atomic E-state index is 13.7. The number of aromatic nitrogens is 3. The van der Waals surface area contributed by atoms with Crippen molar-refractivity contribution in [2.75, 3.05) is 0 Å². The predicted octanol–water partition coefficient (Wildman–Crippen LogP) is 8.92. The molecule has 0 fully saturated rings. The standard InChI is InChI=1S/C32H22F3N3/c1-31(2,32(33,34)35)17-18-10-11-21-23-12-13-36-30-29(23)37(26(21)14-18)25-9-5-8-22-24-15-19-6-3-4-7-20(19)16-27(24)38(30)28(22)25/h3-16H,17H2,1-2H3. The average Bonchev–Trinajstić information content (AvgIpc) is 3.39. The van der Waals surface area contributed by atoms with Crippen LogP contribution in [0.2, 0.25) is 0 Å². The van der Waals surface area contributed by atoms with Crippen molar-refractivity contribution in [2.24, 2.45) is 5.41 Å². The van der Waals surface area contributed by atoms with Gasteiger partial charge >= 0.3 is 6.18 Å². The fraction of sp³-hybridized carbons (Fsp3) is 0.156. The van der Waals surface area contributed by atoms with Gasteiger partial charge in [0.1, 0.15) is 0 Å². The Bertz CT molecular complexity index is 2230. The van der Waals surface area contributed by atoms with Gasteiger partial charge in [-0.2, -0.15) is 13.2 Å². The lowest BCUT2D eigenvalue weighted by atomic mass is 9.85. The summed E-state index contributed by atoms with van der Waals surface area (Å²) in [5.41, 5.74) is 4.71. The van der Waals surface area contributed by atoms with Crippen LogP contribution in [0.3, 0.4) is 0 Å². The lowest BCUT2D eigenvalue weighted by Crippen LogP contribution is -2.34. The smallest absolute Gasteiger partial charge is 0.304 e. The van der Waals surface area contributed by atoms with E-state index in [4.69, 9.17) is 4.98 Å². The summed E-state index contributed by atoms with van der Waals surface area (Å²) in [5.74, 6) is 0. The van der Waals surface area contributed by atoms with Crippen LogP contribution in [0.4, 0.5) is 13.2 Å². The van der Waals surface area contributed by atoms with Gasteiger partial charge in [-0.05, 0) is 53.1 Å². The molecule has 4 aromatic carbocycles. The summed E-state index contributed by atoms with van der Waals surface area (Å²) < 4.78 is 45.6. The Morgan fingerprint density at radius 1 is 0.658 bits per heavy atom. The highest BCUT2D eigenvalue weighted by Crippen LogP contribution is 2.43. The molecule has 38 heavy (non-hydrogen) atoms. The predicted molar refractivity (Wildman–Crippen MR) is 148 cm³/mol. The van der Waals surface area contributed by atoms with Crippen molar-refractivity contribution in [1.29, 1.82) is 0 Å². The number of para-hydroxylation sites is 1. The molecule has 4 heterocycles. The zero-order chi connectivity index (χ0) is 26.0. The van der Waals surface area contributed by atoms with Crippen molar-refractivity contribution >= 4 is 65.5 Å². The lowest BCUT2D eigenvalue weighted by Gasteiger charge is -2.27. The van der Waals surface area contributed by atoms with Gasteiger partial charge in [-0.1, -0.05) is 62.4 Å². The molecule has 0 atom stereocenters. The van der Waals surface area contributed by atoms with Gasteiger partial charge in [-0.3, -0.25) is 4.40 Å². The fourth-order valence-corrected chi connectivity index (χ4v) is 6.26. The molecule has 0 amide bonds. The number of pyridine rings is 1. The van der Waals surface area contributed by atoms with Crippen LogP contribution in [-0.2, 0) is 6.42 Å². The zero-order valence-corrected chi connectivity index (χ0v) is 20.8. The molecule has 8 aromatic rings. The van der Waals surface area contributed by atoms with E-state index in [0.717, 1.165) is 60.2 Å². The normalized spacial score (nSPS) is 13.5. The number of nitrogens with zero attached hydrogens (tertiary/aromatic N) is 3. The molecule has 0 saturated carbocycles. The molecule has 0 aliphatic heterocycles. The maximum atomic E-state index is 13.7. The van der Waals surface area contributed by atoms with E-state index in [-0.39, 0.29) is 6.42 Å². The van der Waals surface area contributed by atoms with Crippen LogP contribution in [0.1, 0.15) is 19.4 Å². The van der Waals surface area contributed by atoms with Crippen molar-refractivity contribution in [1.82, 2.24) is 13.8 Å². The van der Waals surface area contributed by atoms with Crippen LogP contribution in [0.5, 0.6) is 0 Å². The summed E-state index contributed by atoms with van der Waals surface area (Å²) in [6.45, 7) is 2.53. The molecule has 0 aliphatic rings. The molecule has 4 aromatic heterocycles. The monoisotopic (exact) mass is 505 g/mol. The van der Waals surface area contributed by atoms with Crippen LogP contribution in [0.25, 0.3) is 65.5 Å². The molecule has 186 valence electrons. The number of benzene rings is 4. The zero-order valence-electron chi connectivity index (χ0n) is 20.8. The second kappa shape index (κ2) is 6.95. The van der Waals surface area contributed by atoms with E-state index in [0.29, 0.717) is 5.56 Å². The van der Waals surface area contributed by atoms with E-state index >= 15 is 0 Å². The average molecular weight is 506 g/mol. The third-order valence-electron chi connectivity index (χ3n) is 8.22. The van der Waals surface area contributed by atoms with Gasteiger partial charge in [-0.15, -0.1) is 0 Å². The summed E-state index contributed by atoms with van der Waals surface area (Å²) in [4.78, 5) is 4.87. The van der Waals surface area contributed by atoms with E-state index in [9.17, 15) is 13.2 Å². The van der Waals surface area contributed by atoms with Gasteiger partial charge in [0.2, 0.25) is 0 Å². The highest BCUT2D eigenvalue weighted by molar-refractivity contribution is 6.22. The van der Waals surface area contributed by atoms with Crippen molar-refractivity contribution in [3.63, 3.8) is 0 Å². The third kappa shape index (κ3) is 2.67. The summed E-state index contributed by atoms with van der Waals surface area (Å²) in [6.07, 6.45) is -2.54. The quantitative estimate of drug-likeness (QED) is 0.215. The van der Waals surface area contributed by atoms with Crippen LogP contribution in [0.15, 0.2) is 85.1 Å². The van der Waals surface area contributed by atoms with Crippen LogP contribution in [0, 0.1) is 5.41 Å². The first-order valence-corrected chi connectivity index (χ1v) is 12.7. The molecular weight excluding hydrogens is 483 g/mol. The highest BCUT2D eigenvalue weighted by Gasteiger charge is 2.47. The Morgan fingerprint density at radius 2 is 1.39 bits per heavy atom. The van der Waals surface area contributed by atoms with E-state index in [1.165, 1.54) is 19.2 Å².